The van der Waals surface area contributed by atoms with Crippen molar-refractivity contribution in [2.45, 2.75) is 12.0 Å². The van der Waals surface area contributed by atoms with Gasteiger partial charge in [-0.1, -0.05) is 133 Å². The van der Waals surface area contributed by atoms with Crippen LogP contribution in [-0.4, -0.2) is 11.1 Å². The van der Waals surface area contributed by atoms with Crippen LogP contribution in [0, 0.1) is 0 Å². The Morgan fingerprint density at radius 1 is 0.520 bits per heavy atom. The summed E-state index contributed by atoms with van der Waals surface area (Å²) >= 11 is 1.79. The minimum absolute atomic E-state index is 0.0172. The predicted molar refractivity (Wildman–Crippen MR) is 210 cm³/mol. The molecule has 0 fully saturated rings. The largest absolute Gasteiger partial charge is 0.484 e. The number of nitrogens with zero attached hydrogens (tertiary/aromatic N) is 1. The van der Waals surface area contributed by atoms with Crippen LogP contribution in [0.1, 0.15) is 11.5 Å². The van der Waals surface area contributed by atoms with Crippen LogP contribution in [0.15, 0.2) is 152 Å². The van der Waals surface area contributed by atoms with Crippen molar-refractivity contribution in [3.63, 3.8) is 0 Å². The molecule has 0 N–H and O–H groups in total. The summed E-state index contributed by atoms with van der Waals surface area (Å²) in [6.07, 6.45) is 8.80. The van der Waals surface area contributed by atoms with Crippen molar-refractivity contribution < 1.29 is 4.74 Å². The monoisotopic (exact) mass is 653 g/mol. The van der Waals surface area contributed by atoms with Gasteiger partial charge in [0.1, 0.15) is 16.9 Å². The Balaban J connectivity index is 1.12. The van der Waals surface area contributed by atoms with Gasteiger partial charge in [-0.05, 0) is 78.2 Å². The zero-order chi connectivity index (χ0) is 32.5. The van der Waals surface area contributed by atoms with Gasteiger partial charge in [0.15, 0.2) is 0 Å². The first kappa shape index (κ1) is 26.9. The molecule has 2 heterocycles. The van der Waals surface area contributed by atoms with E-state index in [1.165, 1.54) is 92.3 Å². The van der Waals surface area contributed by atoms with E-state index >= 15 is 0 Å². The van der Waals surface area contributed by atoms with Gasteiger partial charge < -0.3 is 4.74 Å². The van der Waals surface area contributed by atoms with Gasteiger partial charge in [-0.25, -0.2) is 4.98 Å². The van der Waals surface area contributed by atoms with Crippen LogP contribution in [0.2, 0.25) is 0 Å². The highest BCUT2D eigenvalue weighted by molar-refractivity contribution is 7.21. The quantitative estimate of drug-likeness (QED) is 0.173. The van der Waals surface area contributed by atoms with Gasteiger partial charge in [-0.15, -0.1) is 11.3 Å². The fourth-order valence-electron chi connectivity index (χ4n) is 9.00. The van der Waals surface area contributed by atoms with Gasteiger partial charge in [0, 0.05) is 33.6 Å². The van der Waals surface area contributed by atoms with Crippen molar-refractivity contribution in [1.82, 2.24) is 4.98 Å². The number of rotatable bonds is 2. The summed E-state index contributed by atoms with van der Waals surface area (Å²) in [6.45, 7) is 0. The molecule has 8 aromatic carbocycles. The average molecular weight is 654 g/mol. The maximum Gasteiger partial charge on any atom is 0.132 e. The second-order valence-electron chi connectivity index (χ2n) is 13.7. The SMILES string of the molecule is C1=CC2Oc3c(cc(-c4ccc(-c5nc6c(ccc7ccc8ccccc8c76)s5)c5ccccc45)c4c3-c3cccc5cccc-4c35)C2C=C1. The van der Waals surface area contributed by atoms with Crippen LogP contribution in [-0.2, 0) is 0 Å². The van der Waals surface area contributed by atoms with Crippen molar-refractivity contribution in [2.75, 3.05) is 0 Å². The molecule has 2 aliphatic carbocycles. The standard InChI is InChI=1S/C47H27NOS/c1-2-12-29-26(9-1)19-20-28-21-24-40-45(42(28)29)48-47(50-40)34-23-22-32(30-13-3-4-14-31(30)34)37-25-38-33-15-5-6-18-39(33)49-46(38)44-36-17-8-11-27-10-7-16-35(41(27)36)43(37)44/h1-25,33,39H. The van der Waals surface area contributed by atoms with Crippen molar-refractivity contribution in [3.05, 3.63) is 157 Å². The first-order valence-electron chi connectivity index (χ1n) is 17.3. The van der Waals surface area contributed by atoms with Crippen LogP contribution < -0.4 is 4.74 Å². The lowest BCUT2D eigenvalue weighted by atomic mass is 9.84. The van der Waals surface area contributed by atoms with Crippen molar-refractivity contribution in [3.8, 4) is 49.7 Å². The summed E-state index contributed by atoms with van der Waals surface area (Å²) in [5, 5.41) is 11.0. The number of hydrogen-bond acceptors (Lipinski definition) is 3. The Morgan fingerprint density at radius 3 is 2.08 bits per heavy atom. The predicted octanol–water partition coefficient (Wildman–Crippen LogP) is 12.9. The highest BCUT2D eigenvalue weighted by Gasteiger charge is 2.39. The minimum Gasteiger partial charge on any atom is -0.484 e. The Kier molecular flexibility index (Phi) is 5.26. The molecule has 1 aliphatic heterocycles. The number of aromatic nitrogens is 1. The van der Waals surface area contributed by atoms with E-state index < -0.39 is 0 Å². The second-order valence-corrected chi connectivity index (χ2v) is 14.7. The number of ether oxygens (including phenoxy) is 1. The third kappa shape index (κ3) is 3.50. The molecule has 50 heavy (non-hydrogen) atoms. The van der Waals surface area contributed by atoms with E-state index in [0.717, 1.165) is 16.3 Å². The fourth-order valence-corrected chi connectivity index (χ4v) is 10.0. The molecule has 232 valence electrons. The molecule has 2 unspecified atom stereocenters. The molecule has 0 amide bonds. The Morgan fingerprint density at radius 2 is 1.20 bits per heavy atom. The summed E-state index contributed by atoms with van der Waals surface area (Å²) in [6, 6.07) is 46.9. The van der Waals surface area contributed by atoms with Crippen LogP contribution in [0.25, 0.3) is 97.3 Å². The van der Waals surface area contributed by atoms with Gasteiger partial charge in [-0.3, -0.25) is 0 Å². The molecule has 3 heteroatoms. The fraction of sp³-hybridized carbons (Fsp3) is 0.0426. The summed E-state index contributed by atoms with van der Waals surface area (Å²) in [4.78, 5) is 5.40. The number of hydrogen-bond donors (Lipinski definition) is 0. The third-order valence-corrected chi connectivity index (χ3v) is 12.2. The van der Waals surface area contributed by atoms with E-state index in [9.17, 15) is 0 Å². The van der Waals surface area contributed by atoms with Gasteiger partial charge in [0.05, 0.1) is 10.2 Å². The number of thiazole rings is 1. The van der Waals surface area contributed by atoms with Gasteiger partial charge in [0.2, 0.25) is 0 Å². The molecule has 0 bridgehead atoms. The number of fused-ring (bicyclic) bond motifs is 13. The van der Waals surface area contributed by atoms with Gasteiger partial charge in [0.25, 0.3) is 0 Å². The van der Waals surface area contributed by atoms with E-state index in [2.05, 4.69) is 152 Å². The average Bonchev–Trinajstić information content (AvgIpc) is 3.87. The summed E-state index contributed by atoms with van der Waals surface area (Å²) in [5.74, 6) is 1.23. The Hall–Kier alpha value is -6.03. The zero-order valence-corrected chi connectivity index (χ0v) is 27.7. The maximum atomic E-state index is 6.81. The molecule has 1 aromatic heterocycles. The lowest BCUT2D eigenvalue weighted by Gasteiger charge is -2.18. The Labute approximate surface area is 292 Å². The smallest absolute Gasteiger partial charge is 0.132 e. The number of benzene rings is 8. The molecular weight excluding hydrogens is 627 g/mol. The first-order valence-corrected chi connectivity index (χ1v) is 18.1. The molecular formula is C47H27NOS. The van der Waals surface area contributed by atoms with Gasteiger partial charge >= 0.3 is 0 Å². The highest BCUT2D eigenvalue weighted by Crippen LogP contribution is 2.60. The molecule has 12 rings (SSSR count). The van der Waals surface area contributed by atoms with Crippen molar-refractivity contribution in [1.29, 1.82) is 0 Å². The van der Waals surface area contributed by atoms with Crippen LogP contribution >= 0.6 is 11.3 Å². The minimum atomic E-state index is 0.0172. The molecule has 3 aliphatic rings. The molecule has 0 saturated heterocycles. The normalized spacial score (nSPS) is 16.8. The van der Waals surface area contributed by atoms with E-state index in [-0.39, 0.29) is 12.0 Å². The van der Waals surface area contributed by atoms with E-state index in [0.29, 0.717) is 0 Å². The van der Waals surface area contributed by atoms with Gasteiger partial charge in [-0.2, -0.15) is 0 Å². The highest BCUT2D eigenvalue weighted by atomic mass is 32.1. The molecule has 9 aromatic rings. The lowest BCUT2D eigenvalue weighted by molar-refractivity contribution is 0.270. The third-order valence-electron chi connectivity index (χ3n) is 11.2. The molecule has 2 nitrogen and oxygen atoms in total. The first-order chi connectivity index (χ1) is 24.8. The van der Waals surface area contributed by atoms with Crippen LogP contribution in [0.3, 0.4) is 0 Å². The molecule has 0 spiro atoms. The summed E-state index contributed by atoms with van der Waals surface area (Å²) in [5.41, 5.74) is 11.1. The summed E-state index contributed by atoms with van der Waals surface area (Å²) < 4.78 is 8.02. The van der Waals surface area contributed by atoms with Crippen LogP contribution in [0.5, 0.6) is 5.75 Å². The van der Waals surface area contributed by atoms with E-state index in [1.807, 2.05) is 0 Å². The molecule has 0 radical (unpaired) electrons. The lowest BCUT2D eigenvalue weighted by Crippen LogP contribution is -2.15. The second kappa shape index (κ2) is 9.78. The Bertz CT molecular complexity index is 3030. The van der Waals surface area contributed by atoms with E-state index in [1.54, 1.807) is 11.3 Å². The summed E-state index contributed by atoms with van der Waals surface area (Å²) in [7, 11) is 0. The van der Waals surface area contributed by atoms with Crippen LogP contribution in [0.4, 0.5) is 0 Å². The van der Waals surface area contributed by atoms with Crippen molar-refractivity contribution >= 4 is 64.6 Å². The zero-order valence-electron chi connectivity index (χ0n) is 26.9. The maximum absolute atomic E-state index is 6.81. The van der Waals surface area contributed by atoms with Crippen molar-refractivity contribution in [2.24, 2.45) is 0 Å². The number of allylic oxidation sites excluding steroid dienone is 2. The molecule has 2 atom stereocenters. The molecule has 0 saturated carbocycles. The van der Waals surface area contributed by atoms with E-state index in [4.69, 9.17) is 9.72 Å². The topological polar surface area (TPSA) is 22.1 Å².